The molecular formula is C13H18ClNO2. The predicted molar refractivity (Wildman–Crippen MR) is 69.3 cm³/mol. The first-order valence-corrected chi connectivity index (χ1v) is 5.75. The summed E-state index contributed by atoms with van der Waals surface area (Å²) >= 11 is 0. The maximum absolute atomic E-state index is 11.5. The van der Waals surface area contributed by atoms with Gasteiger partial charge in [0.15, 0.2) is 0 Å². The van der Waals surface area contributed by atoms with Crippen LogP contribution in [0.15, 0.2) is 30.3 Å². The monoisotopic (exact) mass is 255 g/mol. The molecule has 0 saturated carbocycles. The molecule has 4 heteroatoms. The zero-order valence-electron chi connectivity index (χ0n) is 9.72. The highest BCUT2D eigenvalue weighted by molar-refractivity contribution is 5.85. The summed E-state index contributed by atoms with van der Waals surface area (Å²) in [5, 5.41) is 3.25. The first-order valence-electron chi connectivity index (χ1n) is 5.75. The summed E-state index contributed by atoms with van der Waals surface area (Å²) in [7, 11) is 0. The Bertz CT molecular complexity index is 337. The number of carbonyl (C=O) groups excluding carboxylic acids is 1. The van der Waals surface area contributed by atoms with E-state index in [2.05, 4.69) is 5.32 Å². The molecule has 0 aliphatic carbocycles. The van der Waals surface area contributed by atoms with Crippen molar-refractivity contribution >= 4 is 18.4 Å². The van der Waals surface area contributed by atoms with E-state index in [9.17, 15) is 4.79 Å². The molecule has 0 aromatic heterocycles. The van der Waals surface area contributed by atoms with Gasteiger partial charge in [-0.25, -0.2) is 0 Å². The normalized spacial score (nSPS) is 18.5. The van der Waals surface area contributed by atoms with Gasteiger partial charge in [0.1, 0.15) is 0 Å². The van der Waals surface area contributed by atoms with Crippen LogP contribution in [0.4, 0.5) is 0 Å². The fraction of sp³-hybridized carbons (Fsp3) is 0.462. The largest absolute Gasteiger partial charge is 0.465 e. The summed E-state index contributed by atoms with van der Waals surface area (Å²) in [6, 6.07) is 9.70. The van der Waals surface area contributed by atoms with Gasteiger partial charge in [-0.15, -0.1) is 12.4 Å². The van der Waals surface area contributed by atoms with Crippen LogP contribution in [0.3, 0.4) is 0 Å². The van der Waals surface area contributed by atoms with Gasteiger partial charge in [0, 0.05) is 12.5 Å². The molecule has 2 rings (SSSR count). The van der Waals surface area contributed by atoms with Gasteiger partial charge in [0.05, 0.1) is 13.0 Å². The smallest absolute Gasteiger partial charge is 0.310 e. The molecule has 1 aromatic carbocycles. The fourth-order valence-corrected chi connectivity index (χ4v) is 1.88. The van der Waals surface area contributed by atoms with Gasteiger partial charge in [-0.1, -0.05) is 30.3 Å². The maximum Gasteiger partial charge on any atom is 0.310 e. The Labute approximate surface area is 108 Å². The summed E-state index contributed by atoms with van der Waals surface area (Å²) in [4.78, 5) is 11.5. The van der Waals surface area contributed by atoms with E-state index in [1.54, 1.807) is 0 Å². The van der Waals surface area contributed by atoms with E-state index in [4.69, 9.17) is 4.74 Å². The van der Waals surface area contributed by atoms with Crippen molar-refractivity contribution in [1.82, 2.24) is 5.32 Å². The zero-order valence-corrected chi connectivity index (χ0v) is 10.5. The van der Waals surface area contributed by atoms with Gasteiger partial charge in [-0.05, 0) is 18.5 Å². The van der Waals surface area contributed by atoms with Crippen molar-refractivity contribution in [2.45, 2.75) is 12.8 Å². The lowest BCUT2D eigenvalue weighted by molar-refractivity contribution is -0.144. The number of carbonyl (C=O) groups is 1. The van der Waals surface area contributed by atoms with Crippen LogP contribution < -0.4 is 5.32 Å². The number of ether oxygens (including phenoxy) is 1. The van der Waals surface area contributed by atoms with Crippen molar-refractivity contribution in [1.29, 1.82) is 0 Å². The third kappa shape index (κ3) is 4.75. The van der Waals surface area contributed by atoms with Gasteiger partial charge in [0.2, 0.25) is 0 Å². The number of halogens is 1. The van der Waals surface area contributed by atoms with Crippen LogP contribution in [0, 0.1) is 5.92 Å². The third-order valence-electron chi connectivity index (χ3n) is 2.83. The first-order chi connectivity index (χ1) is 7.84. The Hall–Kier alpha value is -1.06. The minimum atomic E-state index is -0.127. The van der Waals surface area contributed by atoms with Crippen molar-refractivity contribution in [3.8, 4) is 0 Å². The van der Waals surface area contributed by atoms with Crippen LogP contribution >= 0.6 is 12.4 Å². The molecule has 94 valence electrons. The molecule has 1 heterocycles. The second kappa shape index (κ2) is 7.30. The van der Waals surface area contributed by atoms with Crippen LogP contribution in [-0.2, 0) is 16.0 Å². The van der Waals surface area contributed by atoms with Crippen LogP contribution in [0.1, 0.15) is 12.0 Å². The van der Waals surface area contributed by atoms with Crippen LogP contribution in [0.2, 0.25) is 0 Å². The van der Waals surface area contributed by atoms with E-state index in [1.807, 2.05) is 30.3 Å². The average molecular weight is 256 g/mol. The first kappa shape index (κ1) is 14.0. The number of hydrogen-bond donors (Lipinski definition) is 1. The summed E-state index contributed by atoms with van der Waals surface area (Å²) < 4.78 is 5.25. The molecule has 0 bridgehead atoms. The minimum absolute atomic E-state index is 0. The Kier molecular flexibility index (Phi) is 6.01. The molecule has 1 fully saturated rings. The van der Waals surface area contributed by atoms with E-state index < -0.39 is 0 Å². The Morgan fingerprint density at radius 2 is 2.12 bits per heavy atom. The van der Waals surface area contributed by atoms with Gasteiger partial charge in [0.25, 0.3) is 0 Å². The zero-order chi connectivity index (χ0) is 11.2. The van der Waals surface area contributed by atoms with Crippen molar-refractivity contribution in [2.75, 3.05) is 19.7 Å². The average Bonchev–Trinajstić information content (AvgIpc) is 2.81. The molecule has 1 aliphatic rings. The highest BCUT2D eigenvalue weighted by Gasteiger charge is 2.16. The second-order valence-electron chi connectivity index (χ2n) is 4.20. The predicted octanol–water partition coefficient (Wildman–Crippen LogP) is 1.80. The Morgan fingerprint density at radius 3 is 2.76 bits per heavy atom. The molecule has 1 aliphatic heterocycles. The molecule has 1 saturated heterocycles. The molecule has 0 amide bonds. The summed E-state index contributed by atoms with van der Waals surface area (Å²) in [5.41, 5.74) is 1.01. The second-order valence-corrected chi connectivity index (χ2v) is 4.20. The standard InChI is InChI=1S/C13H17NO2.ClH/c15-13(8-11-4-2-1-3-5-11)16-10-12-6-7-14-9-12;/h1-5,12,14H,6-10H2;1H. The molecule has 1 aromatic rings. The quantitative estimate of drug-likeness (QED) is 0.834. The number of rotatable bonds is 4. The molecule has 17 heavy (non-hydrogen) atoms. The van der Waals surface area contributed by atoms with Crippen molar-refractivity contribution in [2.24, 2.45) is 5.92 Å². The highest BCUT2D eigenvalue weighted by Crippen LogP contribution is 2.08. The third-order valence-corrected chi connectivity index (χ3v) is 2.83. The molecule has 0 radical (unpaired) electrons. The SMILES string of the molecule is Cl.O=C(Cc1ccccc1)OCC1CCNC1. The number of benzene rings is 1. The van der Waals surface area contributed by atoms with E-state index in [0.717, 1.165) is 25.1 Å². The molecule has 3 nitrogen and oxygen atoms in total. The highest BCUT2D eigenvalue weighted by atomic mass is 35.5. The topological polar surface area (TPSA) is 38.3 Å². The van der Waals surface area contributed by atoms with E-state index >= 15 is 0 Å². The lowest BCUT2D eigenvalue weighted by Crippen LogP contribution is -2.17. The Morgan fingerprint density at radius 1 is 1.35 bits per heavy atom. The lowest BCUT2D eigenvalue weighted by atomic mass is 10.1. The maximum atomic E-state index is 11.5. The van der Waals surface area contributed by atoms with Crippen LogP contribution in [0.25, 0.3) is 0 Å². The summed E-state index contributed by atoms with van der Waals surface area (Å²) in [6.07, 6.45) is 1.49. The Balaban J connectivity index is 0.00000144. The van der Waals surface area contributed by atoms with Crippen molar-refractivity contribution in [3.63, 3.8) is 0 Å². The minimum Gasteiger partial charge on any atom is -0.465 e. The van der Waals surface area contributed by atoms with Gasteiger partial charge < -0.3 is 10.1 Å². The fourth-order valence-electron chi connectivity index (χ4n) is 1.88. The van der Waals surface area contributed by atoms with Crippen molar-refractivity contribution < 1.29 is 9.53 Å². The summed E-state index contributed by atoms with van der Waals surface area (Å²) in [5.74, 6) is 0.373. The van der Waals surface area contributed by atoms with Gasteiger partial charge in [-0.2, -0.15) is 0 Å². The van der Waals surface area contributed by atoms with Crippen molar-refractivity contribution in [3.05, 3.63) is 35.9 Å². The van der Waals surface area contributed by atoms with Crippen LogP contribution in [0.5, 0.6) is 0 Å². The van der Waals surface area contributed by atoms with E-state index in [0.29, 0.717) is 18.9 Å². The lowest BCUT2D eigenvalue weighted by Gasteiger charge is -2.09. The van der Waals surface area contributed by atoms with Crippen LogP contribution in [-0.4, -0.2) is 25.7 Å². The molecule has 1 atom stereocenters. The number of nitrogens with one attached hydrogen (secondary N) is 1. The molecule has 1 unspecified atom stereocenters. The summed E-state index contributed by atoms with van der Waals surface area (Å²) in [6.45, 7) is 2.57. The van der Waals surface area contributed by atoms with E-state index in [1.165, 1.54) is 0 Å². The number of hydrogen-bond acceptors (Lipinski definition) is 3. The molecule has 0 spiro atoms. The molecular weight excluding hydrogens is 238 g/mol. The van der Waals surface area contributed by atoms with Gasteiger partial charge in [-0.3, -0.25) is 4.79 Å². The molecule has 1 N–H and O–H groups in total. The van der Waals surface area contributed by atoms with E-state index in [-0.39, 0.29) is 18.4 Å². The van der Waals surface area contributed by atoms with Gasteiger partial charge >= 0.3 is 5.97 Å². The number of esters is 1.